The first-order valence-corrected chi connectivity index (χ1v) is 2.49. The highest BCUT2D eigenvalue weighted by Crippen LogP contribution is 2.02. The first kappa shape index (κ1) is 6.03. The molecular formula is C5H9Cl. The number of allylic oxidation sites excluding steroid dienone is 2. The highest BCUT2D eigenvalue weighted by Gasteiger charge is 1.76. The van der Waals surface area contributed by atoms with E-state index in [1.807, 2.05) is 19.9 Å². The van der Waals surface area contributed by atoms with Gasteiger partial charge in [0.1, 0.15) is 0 Å². The molecule has 6 heavy (non-hydrogen) atoms. The molecule has 0 aromatic heterocycles. The average Bonchev–Trinajstić information content (AvgIpc) is 1.65. The van der Waals surface area contributed by atoms with Crippen molar-refractivity contribution in [2.45, 2.75) is 20.3 Å². The van der Waals surface area contributed by atoms with Crippen LogP contribution in [0.2, 0.25) is 0 Å². The van der Waals surface area contributed by atoms with Crippen LogP contribution in [0, 0.1) is 0 Å². The fourth-order valence-corrected chi connectivity index (χ4v) is 0.204. The van der Waals surface area contributed by atoms with E-state index in [0.717, 1.165) is 11.5 Å². The lowest BCUT2D eigenvalue weighted by Crippen LogP contribution is -1.58. The Balaban J connectivity index is 3.22. The van der Waals surface area contributed by atoms with Gasteiger partial charge < -0.3 is 0 Å². The van der Waals surface area contributed by atoms with Crippen LogP contribution in [0.1, 0.15) is 20.3 Å². The van der Waals surface area contributed by atoms with Crippen molar-refractivity contribution in [2.75, 3.05) is 0 Å². The quantitative estimate of drug-likeness (QED) is 0.480. The molecule has 0 rings (SSSR count). The fraction of sp³-hybridized carbons (Fsp3) is 0.600. The molecule has 0 amide bonds. The number of hydrogen-bond donors (Lipinski definition) is 0. The van der Waals surface area contributed by atoms with Gasteiger partial charge in [-0.1, -0.05) is 24.6 Å². The van der Waals surface area contributed by atoms with Crippen molar-refractivity contribution in [1.29, 1.82) is 0 Å². The van der Waals surface area contributed by atoms with E-state index in [4.69, 9.17) is 11.6 Å². The normalized spacial score (nSPS) is 12.2. The molecule has 0 aromatic rings. The molecule has 0 atom stereocenters. The molecule has 36 valence electrons. The van der Waals surface area contributed by atoms with Gasteiger partial charge in [0.05, 0.1) is 0 Å². The van der Waals surface area contributed by atoms with Crippen molar-refractivity contribution < 1.29 is 0 Å². The van der Waals surface area contributed by atoms with Crippen LogP contribution in [0.4, 0.5) is 0 Å². The lowest BCUT2D eigenvalue weighted by atomic mass is 10.4. The van der Waals surface area contributed by atoms with Crippen LogP contribution in [0.15, 0.2) is 11.1 Å². The van der Waals surface area contributed by atoms with Crippen molar-refractivity contribution in [3.05, 3.63) is 11.1 Å². The van der Waals surface area contributed by atoms with Crippen LogP contribution in [0.5, 0.6) is 0 Å². The van der Waals surface area contributed by atoms with Crippen molar-refractivity contribution in [3.8, 4) is 0 Å². The van der Waals surface area contributed by atoms with Crippen LogP contribution in [0.3, 0.4) is 0 Å². The molecule has 0 radical (unpaired) electrons. The van der Waals surface area contributed by atoms with Crippen LogP contribution in [-0.4, -0.2) is 0 Å². The molecule has 0 saturated carbocycles. The van der Waals surface area contributed by atoms with Gasteiger partial charge in [-0.2, -0.15) is 0 Å². The van der Waals surface area contributed by atoms with E-state index in [-0.39, 0.29) is 0 Å². The zero-order valence-electron chi connectivity index (χ0n) is 4.16. The van der Waals surface area contributed by atoms with Crippen molar-refractivity contribution in [2.24, 2.45) is 0 Å². The van der Waals surface area contributed by atoms with Crippen molar-refractivity contribution in [1.82, 2.24) is 0 Å². The van der Waals surface area contributed by atoms with Gasteiger partial charge in [0.25, 0.3) is 0 Å². The zero-order valence-corrected chi connectivity index (χ0v) is 4.92. The molecular weight excluding hydrogens is 95.5 g/mol. The van der Waals surface area contributed by atoms with E-state index >= 15 is 0 Å². The Labute approximate surface area is 43.8 Å². The summed E-state index contributed by atoms with van der Waals surface area (Å²) < 4.78 is 0. The minimum absolute atomic E-state index is 0.940. The Bertz CT molecular complexity index is 55.0. The SMILES string of the molecule is C/C=C(/Cl)CC. The largest absolute Gasteiger partial charge is 0.0895 e. The summed E-state index contributed by atoms with van der Waals surface area (Å²) in [6.45, 7) is 3.97. The highest BCUT2D eigenvalue weighted by molar-refractivity contribution is 6.29. The van der Waals surface area contributed by atoms with E-state index in [1.165, 1.54) is 0 Å². The molecule has 0 heterocycles. The Morgan fingerprint density at radius 3 is 2.33 bits per heavy atom. The Morgan fingerprint density at radius 2 is 2.33 bits per heavy atom. The van der Waals surface area contributed by atoms with Gasteiger partial charge in [-0.25, -0.2) is 0 Å². The predicted molar refractivity (Wildman–Crippen MR) is 29.9 cm³/mol. The molecule has 0 N–H and O–H groups in total. The van der Waals surface area contributed by atoms with Crippen LogP contribution in [-0.2, 0) is 0 Å². The smallest absolute Gasteiger partial charge is 0.0135 e. The summed E-state index contributed by atoms with van der Waals surface area (Å²) in [7, 11) is 0. The maximum Gasteiger partial charge on any atom is 0.0135 e. The van der Waals surface area contributed by atoms with Gasteiger partial charge >= 0.3 is 0 Å². The number of halogens is 1. The maximum atomic E-state index is 5.51. The van der Waals surface area contributed by atoms with E-state index in [2.05, 4.69) is 0 Å². The monoisotopic (exact) mass is 104 g/mol. The van der Waals surface area contributed by atoms with Gasteiger partial charge in [-0.3, -0.25) is 0 Å². The summed E-state index contributed by atoms with van der Waals surface area (Å²) in [5.41, 5.74) is 0. The lowest BCUT2D eigenvalue weighted by Gasteiger charge is -1.81. The molecule has 0 fully saturated rings. The minimum Gasteiger partial charge on any atom is -0.0895 e. The van der Waals surface area contributed by atoms with Gasteiger partial charge in [0.2, 0.25) is 0 Å². The topological polar surface area (TPSA) is 0 Å². The van der Waals surface area contributed by atoms with Gasteiger partial charge in [0.15, 0.2) is 0 Å². The minimum atomic E-state index is 0.940. The fourth-order valence-electron chi connectivity index (χ4n) is 0.204. The summed E-state index contributed by atoms with van der Waals surface area (Å²) in [5, 5.41) is 0.940. The first-order valence-electron chi connectivity index (χ1n) is 2.12. The van der Waals surface area contributed by atoms with Gasteiger partial charge in [-0.05, 0) is 13.3 Å². The Kier molecular flexibility index (Phi) is 3.24. The molecule has 0 unspecified atom stereocenters. The third-order valence-electron chi connectivity index (χ3n) is 0.651. The molecule has 1 heteroatoms. The summed E-state index contributed by atoms with van der Waals surface area (Å²) in [6, 6.07) is 0. The molecule has 0 spiro atoms. The first-order chi connectivity index (χ1) is 2.81. The lowest BCUT2D eigenvalue weighted by molar-refractivity contribution is 1.19. The summed E-state index contributed by atoms with van der Waals surface area (Å²) in [4.78, 5) is 0. The number of rotatable bonds is 1. The second-order valence-corrected chi connectivity index (χ2v) is 1.57. The van der Waals surface area contributed by atoms with E-state index < -0.39 is 0 Å². The second-order valence-electron chi connectivity index (χ2n) is 1.09. The molecule has 0 saturated heterocycles. The Hall–Kier alpha value is 0.0300. The second kappa shape index (κ2) is 3.23. The molecule has 0 aliphatic carbocycles. The van der Waals surface area contributed by atoms with Crippen LogP contribution < -0.4 is 0 Å². The third kappa shape index (κ3) is 2.28. The van der Waals surface area contributed by atoms with Crippen LogP contribution >= 0.6 is 11.6 Å². The van der Waals surface area contributed by atoms with E-state index in [9.17, 15) is 0 Å². The molecule has 0 aliphatic rings. The third-order valence-corrected chi connectivity index (χ3v) is 1.14. The molecule has 0 aliphatic heterocycles. The van der Waals surface area contributed by atoms with E-state index in [0.29, 0.717) is 0 Å². The van der Waals surface area contributed by atoms with E-state index in [1.54, 1.807) is 0 Å². The van der Waals surface area contributed by atoms with Crippen molar-refractivity contribution in [3.63, 3.8) is 0 Å². The van der Waals surface area contributed by atoms with Gasteiger partial charge in [0, 0.05) is 5.03 Å². The molecule has 0 bridgehead atoms. The predicted octanol–water partition coefficient (Wildman–Crippen LogP) is 2.54. The Morgan fingerprint density at radius 1 is 1.83 bits per heavy atom. The zero-order chi connectivity index (χ0) is 4.99. The van der Waals surface area contributed by atoms with Crippen LogP contribution in [0.25, 0.3) is 0 Å². The average molecular weight is 105 g/mol. The standard InChI is InChI=1S/C5H9Cl/c1-3-5(6)4-2/h3H,4H2,1-2H3/b5-3+. The highest BCUT2D eigenvalue weighted by atomic mass is 35.5. The summed E-state index contributed by atoms with van der Waals surface area (Å²) in [5.74, 6) is 0. The summed E-state index contributed by atoms with van der Waals surface area (Å²) >= 11 is 5.51. The maximum absolute atomic E-state index is 5.51. The molecule has 0 nitrogen and oxygen atoms in total. The van der Waals surface area contributed by atoms with Crippen molar-refractivity contribution >= 4 is 11.6 Å². The molecule has 0 aromatic carbocycles. The van der Waals surface area contributed by atoms with Gasteiger partial charge in [-0.15, -0.1) is 0 Å². The summed E-state index contributed by atoms with van der Waals surface area (Å²) in [6.07, 6.45) is 2.86. The number of hydrogen-bond acceptors (Lipinski definition) is 0.